The van der Waals surface area contributed by atoms with Crippen LogP contribution in [0.3, 0.4) is 0 Å². The molecule has 0 aromatic rings. The Labute approximate surface area is 106 Å². The molecule has 1 aliphatic rings. The summed E-state index contributed by atoms with van der Waals surface area (Å²) in [5, 5.41) is 0. The molecule has 3 nitrogen and oxygen atoms in total. The molecule has 2 atom stereocenters. The first-order valence-electron chi connectivity index (χ1n) is 7.13. The molecule has 0 spiro atoms. The van der Waals surface area contributed by atoms with Crippen LogP contribution in [0.2, 0.25) is 0 Å². The summed E-state index contributed by atoms with van der Waals surface area (Å²) in [6.45, 7) is 7.49. The van der Waals surface area contributed by atoms with E-state index in [0.717, 1.165) is 38.7 Å². The zero-order chi connectivity index (χ0) is 12.5. The van der Waals surface area contributed by atoms with E-state index in [-0.39, 0.29) is 0 Å². The minimum absolute atomic E-state index is 0.377. The van der Waals surface area contributed by atoms with E-state index in [1.165, 1.54) is 25.7 Å². The summed E-state index contributed by atoms with van der Waals surface area (Å²) in [5.74, 6) is 1.29. The summed E-state index contributed by atoms with van der Waals surface area (Å²) in [6.07, 6.45) is 6.52. The van der Waals surface area contributed by atoms with E-state index < -0.39 is 0 Å². The summed E-state index contributed by atoms with van der Waals surface area (Å²) in [4.78, 5) is 0. The summed E-state index contributed by atoms with van der Waals surface area (Å²) < 4.78 is 11.4. The van der Waals surface area contributed by atoms with Crippen LogP contribution in [-0.4, -0.2) is 32.5 Å². The number of hydrogen-bond acceptors (Lipinski definition) is 3. The molecule has 1 rings (SSSR count). The summed E-state index contributed by atoms with van der Waals surface area (Å²) in [7, 11) is 0. The lowest BCUT2D eigenvalue weighted by molar-refractivity contribution is -0.0362. The van der Waals surface area contributed by atoms with E-state index in [1.54, 1.807) is 0 Å². The van der Waals surface area contributed by atoms with E-state index in [1.807, 2.05) is 0 Å². The Hall–Kier alpha value is -0.120. The topological polar surface area (TPSA) is 44.5 Å². The average Bonchev–Trinajstić information content (AvgIpc) is 2.33. The maximum Gasteiger partial charge on any atom is 0.0704 e. The molecule has 3 heteroatoms. The van der Waals surface area contributed by atoms with Gasteiger partial charge in [0.05, 0.1) is 19.3 Å². The van der Waals surface area contributed by atoms with Crippen molar-refractivity contribution in [2.75, 3.05) is 26.4 Å². The quantitative estimate of drug-likeness (QED) is 0.666. The molecule has 0 amide bonds. The molecule has 0 heterocycles. The van der Waals surface area contributed by atoms with Crippen LogP contribution >= 0.6 is 0 Å². The lowest BCUT2D eigenvalue weighted by atomic mass is 9.86. The first-order chi connectivity index (χ1) is 8.24. The predicted molar refractivity (Wildman–Crippen MR) is 71.0 cm³/mol. The molecular formula is C14H29NO2. The van der Waals surface area contributed by atoms with E-state index in [2.05, 4.69) is 13.8 Å². The molecule has 17 heavy (non-hydrogen) atoms. The van der Waals surface area contributed by atoms with Gasteiger partial charge in [0.1, 0.15) is 0 Å². The van der Waals surface area contributed by atoms with Gasteiger partial charge in [0.15, 0.2) is 0 Å². The highest BCUT2D eigenvalue weighted by Gasteiger charge is 2.24. The Balaban J connectivity index is 2.01. The van der Waals surface area contributed by atoms with Gasteiger partial charge in [-0.25, -0.2) is 0 Å². The lowest BCUT2D eigenvalue weighted by Crippen LogP contribution is -2.34. The minimum atomic E-state index is 0.377. The minimum Gasteiger partial charge on any atom is -0.379 e. The van der Waals surface area contributed by atoms with Crippen molar-refractivity contribution in [3.05, 3.63) is 0 Å². The Morgan fingerprint density at radius 1 is 1.12 bits per heavy atom. The second kappa shape index (κ2) is 8.90. The van der Waals surface area contributed by atoms with Crippen LogP contribution in [0.15, 0.2) is 0 Å². The highest BCUT2D eigenvalue weighted by atomic mass is 16.5. The van der Waals surface area contributed by atoms with Crippen molar-refractivity contribution in [3.63, 3.8) is 0 Å². The molecule has 0 radical (unpaired) electrons. The van der Waals surface area contributed by atoms with Crippen molar-refractivity contribution >= 4 is 0 Å². The van der Waals surface area contributed by atoms with Gasteiger partial charge in [-0.05, 0) is 37.6 Å². The zero-order valence-electron chi connectivity index (χ0n) is 11.5. The molecule has 0 aromatic heterocycles. The van der Waals surface area contributed by atoms with Crippen LogP contribution < -0.4 is 5.73 Å². The second-order valence-electron chi connectivity index (χ2n) is 5.48. The van der Waals surface area contributed by atoms with Crippen LogP contribution in [0.4, 0.5) is 0 Å². The number of ether oxygens (including phenoxy) is 2. The van der Waals surface area contributed by atoms with Crippen LogP contribution in [0.1, 0.15) is 46.0 Å². The van der Waals surface area contributed by atoms with Gasteiger partial charge in [0.25, 0.3) is 0 Å². The van der Waals surface area contributed by atoms with Crippen LogP contribution in [0.25, 0.3) is 0 Å². The molecule has 1 fully saturated rings. The van der Waals surface area contributed by atoms with E-state index in [4.69, 9.17) is 15.2 Å². The summed E-state index contributed by atoms with van der Waals surface area (Å²) in [5.41, 5.74) is 5.77. The smallest absolute Gasteiger partial charge is 0.0704 e. The predicted octanol–water partition coefficient (Wildman–Crippen LogP) is 2.58. The number of hydrogen-bond donors (Lipinski definition) is 1. The summed E-state index contributed by atoms with van der Waals surface area (Å²) in [6, 6.07) is 0. The fourth-order valence-electron chi connectivity index (χ4n) is 2.34. The van der Waals surface area contributed by atoms with Crippen LogP contribution in [0, 0.1) is 11.8 Å². The normalized spacial score (nSPS) is 25.4. The van der Waals surface area contributed by atoms with Gasteiger partial charge in [0.2, 0.25) is 0 Å². The molecule has 1 saturated carbocycles. The number of rotatable bonds is 8. The molecule has 0 bridgehead atoms. The lowest BCUT2D eigenvalue weighted by Gasteiger charge is -2.30. The van der Waals surface area contributed by atoms with Gasteiger partial charge < -0.3 is 15.2 Å². The molecule has 0 saturated heterocycles. The SMILES string of the molecule is CC(C)CCOCCOC1CCCCC1CN. The van der Waals surface area contributed by atoms with Gasteiger partial charge in [-0.3, -0.25) is 0 Å². The Kier molecular flexibility index (Phi) is 7.82. The van der Waals surface area contributed by atoms with Gasteiger partial charge in [-0.1, -0.05) is 26.7 Å². The van der Waals surface area contributed by atoms with Gasteiger partial charge in [-0.2, -0.15) is 0 Å². The molecular weight excluding hydrogens is 214 g/mol. The fraction of sp³-hybridized carbons (Fsp3) is 1.00. The highest BCUT2D eigenvalue weighted by molar-refractivity contribution is 4.76. The Morgan fingerprint density at radius 2 is 1.88 bits per heavy atom. The zero-order valence-corrected chi connectivity index (χ0v) is 11.5. The largest absolute Gasteiger partial charge is 0.379 e. The van der Waals surface area contributed by atoms with E-state index in [9.17, 15) is 0 Å². The fourth-order valence-corrected chi connectivity index (χ4v) is 2.34. The third kappa shape index (κ3) is 6.39. The molecule has 2 unspecified atom stereocenters. The molecule has 0 aliphatic heterocycles. The van der Waals surface area contributed by atoms with E-state index in [0.29, 0.717) is 12.0 Å². The number of nitrogens with two attached hydrogens (primary N) is 1. The molecule has 0 aromatic carbocycles. The maximum absolute atomic E-state index is 5.89. The first kappa shape index (κ1) is 14.9. The van der Waals surface area contributed by atoms with Crippen molar-refractivity contribution in [3.8, 4) is 0 Å². The Morgan fingerprint density at radius 3 is 2.59 bits per heavy atom. The van der Waals surface area contributed by atoms with Gasteiger partial charge in [0, 0.05) is 6.61 Å². The second-order valence-corrected chi connectivity index (χ2v) is 5.48. The van der Waals surface area contributed by atoms with Crippen molar-refractivity contribution in [1.29, 1.82) is 0 Å². The highest BCUT2D eigenvalue weighted by Crippen LogP contribution is 2.25. The monoisotopic (exact) mass is 243 g/mol. The van der Waals surface area contributed by atoms with E-state index >= 15 is 0 Å². The van der Waals surface area contributed by atoms with Gasteiger partial charge >= 0.3 is 0 Å². The van der Waals surface area contributed by atoms with Crippen molar-refractivity contribution in [2.45, 2.75) is 52.1 Å². The third-order valence-electron chi connectivity index (χ3n) is 3.54. The van der Waals surface area contributed by atoms with Crippen LogP contribution in [-0.2, 0) is 9.47 Å². The van der Waals surface area contributed by atoms with Crippen molar-refractivity contribution in [2.24, 2.45) is 17.6 Å². The maximum atomic E-state index is 5.89. The standard InChI is InChI=1S/C14H29NO2/c1-12(2)7-8-16-9-10-17-14-6-4-3-5-13(14)11-15/h12-14H,3-11,15H2,1-2H3. The van der Waals surface area contributed by atoms with Crippen molar-refractivity contribution in [1.82, 2.24) is 0 Å². The molecule has 1 aliphatic carbocycles. The van der Waals surface area contributed by atoms with Crippen LogP contribution in [0.5, 0.6) is 0 Å². The molecule has 102 valence electrons. The Bertz CT molecular complexity index is 185. The molecule has 2 N–H and O–H groups in total. The first-order valence-corrected chi connectivity index (χ1v) is 7.13. The summed E-state index contributed by atoms with van der Waals surface area (Å²) >= 11 is 0. The average molecular weight is 243 g/mol. The van der Waals surface area contributed by atoms with Crippen molar-refractivity contribution < 1.29 is 9.47 Å². The third-order valence-corrected chi connectivity index (χ3v) is 3.54. The van der Waals surface area contributed by atoms with Gasteiger partial charge in [-0.15, -0.1) is 0 Å².